The minimum Gasteiger partial charge on any atom is -0.490 e. The van der Waals surface area contributed by atoms with Gasteiger partial charge in [-0.15, -0.1) is 0 Å². The lowest BCUT2D eigenvalue weighted by Crippen LogP contribution is -2.38. The number of carbonyl (C=O) groups is 1. The number of rotatable bonds is 1. The molecule has 0 saturated carbocycles. The minimum atomic E-state index is -0.0261. The van der Waals surface area contributed by atoms with Gasteiger partial charge >= 0.3 is 0 Å². The SMILES string of the molecule is O=C(c1ccc(Cl)cc1I)N1CCOc2ccccc21. The molecule has 0 spiro atoms. The molecule has 3 nitrogen and oxygen atoms in total. The van der Waals surface area contributed by atoms with Crippen LogP contribution in [0, 0.1) is 3.57 Å². The highest BCUT2D eigenvalue weighted by Crippen LogP contribution is 2.32. The Hall–Kier alpha value is -1.27. The predicted molar refractivity (Wildman–Crippen MR) is 87.8 cm³/mol. The molecule has 2 aromatic rings. The Labute approximate surface area is 135 Å². The van der Waals surface area contributed by atoms with E-state index in [1.54, 1.807) is 23.1 Å². The first-order chi connectivity index (χ1) is 9.66. The summed E-state index contributed by atoms with van der Waals surface area (Å²) in [6.45, 7) is 1.06. The van der Waals surface area contributed by atoms with Crippen LogP contribution in [0.1, 0.15) is 10.4 Å². The molecule has 0 aliphatic carbocycles. The summed E-state index contributed by atoms with van der Waals surface area (Å²) in [4.78, 5) is 14.5. The van der Waals surface area contributed by atoms with E-state index < -0.39 is 0 Å². The van der Waals surface area contributed by atoms with Gasteiger partial charge < -0.3 is 9.64 Å². The van der Waals surface area contributed by atoms with Crippen molar-refractivity contribution in [2.24, 2.45) is 0 Å². The number of halogens is 2. The highest BCUT2D eigenvalue weighted by Gasteiger charge is 2.25. The van der Waals surface area contributed by atoms with Gasteiger partial charge in [-0.25, -0.2) is 0 Å². The first kappa shape index (κ1) is 13.7. The molecule has 0 bridgehead atoms. The summed E-state index contributed by atoms with van der Waals surface area (Å²) in [5.41, 5.74) is 1.47. The second kappa shape index (κ2) is 5.61. The molecular weight excluding hydrogens is 389 g/mol. The van der Waals surface area contributed by atoms with Gasteiger partial charge in [0.1, 0.15) is 12.4 Å². The van der Waals surface area contributed by atoms with Crippen molar-refractivity contribution in [3.8, 4) is 5.75 Å². The lowest BCUT2D eigenvalue weighted by atomic mass is 10.1. The first-order valence-corrected chi connectivity index (χ1v) is 7.61. The van der Waals surface area contributed by atoms with Crippen molar-refractivity contribution in [3.05, 3.63) is 56.6 Å². The number of amides is 1. The molecule has 2 aromatic carbocycles. The molecule has 0 radical (unpaired) electrons. The number of anilines is 1. The number of hydrogen-bond acceptors (Lipinski definition) is 2. The van der Waals surface area contributed by atoms with E-state index in [4.69, 9.17) is 16.3 Å². The van der Waals surface area contributed by atoms with Crippen molar-refractivity contribution in [2.45, 2.75) is 0 Å². The number of hydrogen-bond donors (Lipinski definition) is 0. The second-order valence-electron chi connectivity index (χ2n) is 4.40. The van der Waals surface area contributed by atoms with Crippen LogP contribution >= 0.6 is 34.2 Å². The van der Waals surface area contributed by atoms with Gasteiger partial charge in [0.15, 0.2) is 0 Å². The maximum Gasteiger partial charge on any atom is 0.259 e. The number of fused-ring (bicyclic) bond motifs is 1. The van der Waals surface area contributed by atoms with Crippen LogP contribution in [0.25, 0.3) is 0 Å². The molecule has 5 heteroatoms. The van der Waals surface area contributed by atoms with E-state index in [1.807, 2.05) is 24.3 Å². The highest BCUT2D eigenvalue weighted by molar-refractivity contribution is 14.1. The van der Waals surface area contributed by atoms with Crippen LogP contribution in [0.5, 0.6) is 5.75 Å². The Morgan fingerprint density at radius 3 is 2.85 bits per heavy atom. The summed E-state index contributed by atoms with van der Waals surface area (Å²) in [5, 5.41) is 0.633. The maximum atomic E-state index is 12.7. The summed E-state index contributed by atoms with van der Waals surface area (Å²) in [6, 6.07) is 12.9. The van der Waals surface area contributed by atoms with E-state index in [-0.39, 0.29) is 5.91 Å². The maximum absolute atomic E-state index is 12.7. The van der Waals surface area contributed by atoms with Crippen molar-refractivity contribution in [1.82, 2.24) is 0 Å². The van der Waals surface area contributed by atoms with E-state index >= 15 is 0 Å². The zero-order chi connectivity index (χ0) is 14.1. The number of nitrogens with zero attached hydrogens (tertiary/aromatic N) is 1. The van der Waals surface area contributed by atoms with Crippen LogP contribution in [0.15, 0.2) is 42.5 Å². The molecular formula is C15H11ClINO2. The van der Waals surface area contributed by atoms with Gasteiger partial charge in [-0.05, 0) is 52.9 Å². The van der Waals surface area contributed by atoms with Gasteiger partial charge in [0.05, 0.1) is 17.8 Å². The van der Waals surface area contributed by atoms with Crippen molar-refractivity contribution < 1.29 is 9.53 Å². The topological polar surface area (TPSA) is 29.5 Å². The lowest BCUT2D eigenvalue weighted by Gasteiger charge is -2.29. The molecule has 0 saturated heterocycles. The van der Waals surface area contributed by atoms with Crippen LogP contribution in [0.4, 0.5) is 5.69 Å². The van der Waals surface area contributed by atoms with Crippen LogP contribution in [0.3, 0.4) is 0 Å². The third-order valence-electron chi connectivity index (χ3n) is 3.14. The summed E-state index contributed by atoms with van der Waals surface area (Å²) in [7, 11) is 0. The summed E-state index contributed by atoms with van der Waals surface area (Å²) < 4.78 is 6.42. The van der Waals surface area contributed by atoms with Gasteiger partial charge in [-0.1, -0.05) is 23.7 Å². The Kier molecular flexibility index (Phi) is 3.85. The number of carbonyl (C=O) groups excluding carboxylic acids is 1. The number of para-hydroxylation sites is 2. The number of benzene rings is 2. The Morgan fingerprint density at radius 1 is 1.25 bits per heavy atom. The Morgan fingerprint density at radius 2 is 2.05 bits per heavy atom. The van der Waals surface area contributed by atoms with Crippen molar-refractivity contribution >= 4 is 45.8 Å². The van der Waals surface area contributed by atoms with E-state index in [1.165, 1.54) is 0 Å². The molecule has 0 unspecified atom stereocenters. The quantitative estimate of drug-likeness (QED) is 0.679. The summed E-state index contributed by atoms with van der Waals surface area (Å²) >= 11 is 8.07. The average molecular weight is 400 g/mol. The third-order valence-corrected chi connectivity index (χ3v) is 4.26. The van der Waals surface area contributed by atoms with Crippen molar-refractivity contribution in [3.63, 3.8) is 0 Å². The fourth-order valence-corrected chi connectivity index (χ4v) is 3.29. The van der Waals surface area contributed by atoms with E-state index in [9.17, 15) is 4.79 Å². The Balaban J connectivity index is 2.00. The first-order valence-electron chi connectivity index (χ1n) is 6.15. The molecule has 1 aliphatic heterocycles. The molecule has 1 amide bonds. The molecule has 3 rings (SSSR count). The fourth-order valence-electron chi connectivity index (χ4n) is 2.19. The predicted octanol–water partition coefficient (Wildman–Crippen LogP) is 3.98. The number of ether oxygens (including phenoxy) is 1. The second-order valence-corrected chi connectivity index (χ2v) is 6.00. The molecule has 0 fully saturated rings. The molecule has 0 N–H and O–H groups in total. The zero-order valence-corrected chi connectivity index (χ0v) is 13.4. The van der Waals surface area contributed by atoms with E-state index in [2.05, 4.69) is 22.6 Å². The van der Waals surface area contributed by atoms with Crippen LogP contribution < -0.4 is 9.64 Å². The minimum absolute atomic E-state index is 0.0261. The van der Waals surface area contributed by atoms with E-state index in [0.29, 0.717) is 23.7 Å². The monoisotopic (exact) mass is 399 g/mol. The van der Waals surface area contributed by atoms with Gasteiger partial charge in [-0.2, -0.15) is 0 Å². The molecule has 0 atom stereocenters. The molecule has 1 aliphatic rings. The van der Waals surface area contributed by atoms with Gasteiger partial charge in [0.2, 0.25) is 0 Å². The summed E-state index contributed by atoms with van der Waals surface area (Å²) in [5.74, 6) is 0.720. The Bertz CT molecular complexity index is 675. The third kappa shape index (κ3) is 2.50. The standard InChI is InChI=1S/C15H11ClINO2/c16-10-5-6-11(12(17)9-10)15(19)18-7-8-20-14-4-2-1-3-13(14)18/h1-6,9H,7-8H2. The fraction of sp³-hybridized carbons (Fsp3) is 0.133. The van der Waals surface area contributed by atoms with Gasteiger partial charge in [-0.3, -0.25) is 4.79 Å². The van der Waals surface area contributed by atoms with Gasteiger partial charge in [0.25, 0.3) is 5.91 Å². The molecule has 0 aromatic heterocycles. The van der Waals surface area contributed by atoms with E-state index in [0.717, 1.165) is 15.0 Å². The van der Waals surface area contributed by atoms with Gasteiger partial charge in [0, 0.05) is 8.59 Å². The average Bonchev–Trinajstić information content (AvgIpc) is 2.46. The van der Waals surface area contributed by atoms with Crippen LogP contribution in [-0.4, -0.2) is 19.1 Å². The lowest BCUT2D eigenvalue weighted by molar-refractivity contribution is 0.0976. The zero-order valence-electron chi connectivity index (χ0n) is 10.5. The highest BCUT2D eigenvalue weighted by atomic mass is 127. The largest absolute Gasteiger partial charge is 0.490 e. The normalized spacial score (nSPS) is 13.6. The molecule has 20 heavy (non-hydrogen) atoms. The molecule has 102 valence electrons. The molecule has 1 heterocycles. The van der Waals surface area contributed by atoms with Crippen LogP contribution in [-0.2, 0) is 0 Å². The summed E-state index contributed by atoms with van der Waals surface area (Å²) in [6.07, 6.45) is 0. The van der Waals surface area contributed by atoms with Crippen molar-refractivity contribution in [2.75, 3.05) is 18.1 Å². The van der Waals surface area contributed by atoms with Crippen molar-refractivity contribution in [1.29, 1.82) is 0 Å². The smallest absolute Gasteiger partial charge is 0.259 e. The van der Waals surface area contributed by atoms with Crippen LogP contribution in [0.2, 0.25) is 5.02 Å².